The summed E-state index contributed by atoms with van der Waals surface area (Å²) in [4.78, 5) is 21.7. The largest absolute Gasteiger partial charge is 0.506 e. The number of rotatable bonds is 3. The molecule has 2 amide bonds. The molecule has 0 aliphatic rings. The van der Waals surface area contributed by atoms with Crippen molar-refractivity contribution in [3.8, 4) is 11.5 Å². The summed E-state index contributed by atoms with van der Waals surface area (Å²) < 4.78 is 0. The maximum Gasteiger partial charge on any atom is 0.323 e. The topological polar surface area (TPSA) is 125 Å². The average Bonchev–Trinajstić information content (AvgIpc) is 2.45. The van der Waals surface area contributed by atoms with E-state index in [0.717, 1.165) is 12.1 Å². The zero-order valence-electron chi connectivity index (χ0n) is 10.9. The van der Waals surface area contributed by atoms with Gasteiger partial charge in [-0.3, -0.25) is 10.1 Å². The molecule has 22 heavy (non-hydrogen) atoms. The molecule has 2 aromatic rings. The van der Waals surface area contributed by atoms with Crippen LogP contribution in [0.4, 0.5) is 21.9 Å². The van der Waals surface area contributed by atoms with Crippen LogP contribution in [0.2, 0.25) is 5.02 Å². The number of non-ortho nitro benzene ring substituents is 1. The van der Waals surface area contributed by atoms with Gasteiger partial charge in [0.25, 0.3) is 5.69 Å². The Morgan fingerprint density at radius 3 is 2.36 bits per heavy atom. The van der Waals surface area contributed by atoms with Crippen LogP contribution < -0.4 is 10.6 Å². The number of hydrogen-bond donors (Lipinski definition) is 4. The molecule has 0 spiro atoms. The van der Waals surface area contributed by atoms with Gasteiger partial charge in [0.05, 0.1) is 22.4 Å². The van der Waals surface area contributed by atoms with Gasteiger partial charge in [-0.2, -0.15) is 0 Å². The van der Waals surface area contributed by atoms with Gasteiger partial charge in [0, 0.05) is 11.1 Å². The molecular formula is C13H10ClN3O5. The first-order chi connectivity index (χ1) is 10.4. The molecule has 0 saturated heterocycles. The number of amides is 2. The fraction of sp³-hybridized carbons (Fsp3) is 0. The zero-order valence-corrected chi connectivity index (χ0v) is 11.7. The lowest BCUT2D eigenvalue weighted by Gasteiger charge is -2.10. The molecule has 0 unspecified atom stereocenters. The maximum absolute atomic E-state index is 11.8. The SMILES string of the molecule is O=C(Nc1ccc([N+](=O)[O-])cc1O)Nc1cc(Cl)ccc1O. The second kappa shape index (κ2) is 6.19. The summed E-state index contributed by atoms with van der Waals surface area (Å²) in [5.41, 5.74) is -0.257. The fourth-order valence-electron chi connectivity index (χ4n) is 1.62. The first kappa shape index (κ1) is 15.4. The molecule has 2 aromatic carbocycles. The van der Waals surface area contributed by atoms with E-state index in [4.69, 9.17) is 11.6 Å². The van der Waals surface area contributed by atoms with E-state index in [2.05, 4.69) is 10.6 Å². The van der Waals surface area contributed by atoms with E-state index in [0.29, 0.717) is 5.02 Å². The molecule has 0 saturated carbocycles. The molecule has 0 aliphatic carbocycles. The van der Waals surface area contributed by atoms with Gasteiger partial charge in [-0.1, -0.05) is 11.6 Å². The smallest absolute Gasteiger partial charge is 0.323 e. The van der Waals surface area contributed by atoms with Crippen molar-refractivity contribution in [1.29, 1.82) is 0 Å². The van der Waals surface area contributed by atoms with Crippen LogP contribution in [0.25, 0.3) is 0 Å². The van der Waals surface area contributed by atoms with Crippen molar-refractivity contribution in [3.63, 3.8) is 0 Å². The quantitative estimate of drug-likeness (QED) is 0.392. The molecule has 9 heteroatoms. The summed E-state index contributed by atoms with van der Waals surface area (Å²) in [5, 5.41) is 34.7. The Hall–Kier alpha value is -3.00. The summed E-state index contributed by atoms with van der Waals surface area (Å²) in [6.07, 6.45) is 0. The average molecular weight is 324 g/mol. The summed E-state index contributed by atoms with van der Waals surface area (Å²) in [7, 11) is 0. The van der Waals surface area contributed by atoms with Crippen LogP contribution in [-0.4, -0.2) is 21.2 Å². The number of carbonyl (C=O) groups is 1. The summed E-state index contributed by atoms with van der Waals surface area (Å²) in [5.74, 6) is -0.646. The van der Waals surface area contributed by atoms with Crippen LogP contribution in [-0.2, 0) is 0 Å². The Morgan fingerprint density at radius 1 is 1.05 bits per heavy atom. The predicted octanol–water partition coefficient (Wildman–Crippen LogP) is 3.30. The third kappa shape index (κ3) is 3.55. The number of nitro groups is 1. The Morgan fingerprint density at radius 2 is 1.73 bits per heavy atom. The van der Waals surface area contributed by atoms with Gasteiger partial charge in [-0.25, -0.2) is 4.79 Å². The molecule has 8 nitrogen and oxygen atoms in total. The van der Waals surface area contributed by atoms with Gasteiger partial charge in [-0.05, 0) is 24.3 Å². The molecule has 0 radical (unpaired) electrons. The molecule has 4 N–H and O–H groups in total. The normalized spacial score (nSPS) is 10.0. The molecule has 0 atom stereocenters. The molecular weight excluding hydrogens is 314 g/mol. The van der Waals surface area contributed by atoms with E-state index >= 15 is 0 Å². The first-order valence-electron chi connectivity index (χ1n) is 5.91. The summed E-state index contributed by atoms with van der Waals surface area (Å²) >= 11 is 5.75. The lowest BCUT2D eigenvalue weighted by Crippen LogP contribution is -2.19. The molecule has 0 aliphatic heterocycles. The van der Waals surface area contributed by atoms with E-state index in [-0.39, 0.29) is 22.8 Å². The molecule has 0 bridgehead atoms. The molecule has 0 heterocycles. The van der Waals surface area contributed by atoms with Crippen molar-refractivity contribution in [2.75, 3.05) is 10.6 Å². The highest BCUT2D eigenvalue weighted by atomic mass is 35.5. The number of nitro benzene ring substituents is 1. The van der Waals surface area contributed by atoms with Crippen LogP contribution in [0.5, 0.6) is 11.5 Å². The number of urea groups is 1. The Balaban J connectivity index is 2.12. The highest BCUT2D eigenvalue weighted by molar-refractivity contribution is 6.31. The van der Waals surface area contributed by atoms with Gasteiger partial charge in [0.2, 0.25) is 0 Å². The monoisotopic (exact) mass is 323 g/mol. The third-order valence-electron chi connectivity index (χ3n) is 2.65. The van der Waals surface area contributed by atoms with E-state index in [9.17, 15) is 25.1 Å². The summed E-state index contributed by atoms with van der Waals surface area (Å²) in [6, 6.07) is 6.56. The number of nitrogens with zero attached hydrogens (tertiary/aromatic N) is 1. The number of phenolic OH excluding ortho intramolecular Hbond substituents is 2. The minimum Gasteiger partial charge on any atom is -0.506 e. The first-order valence-corrected chi connectivity index (χ1v) is 6.28. The van der Waals surface area contributed by atoms with Crippen molar-refractivity contribution >= 4 is 34.7 Å². The van der Waals surface area contributed by atoms with Crippen LogP contribution >= 0.6 is 11.6 Å². The van der Waals surface area contributed by atoms with Crippen LogP contribution in [0.15, 0.2) is 36.4 Å². The van der Waals surface area contributed by atoms with E-state index < -0.39 is 16.7 Å². The zero-order chi connectivity index (χ0) is 16.3. The second-order valence-electron chi connectivity index (χ2n) is 4.20. The fourth-order valence-corrected chi connectivity index (χ4v) is 1.80. The minimum absolute atomic E-state index is 0.0235. The number of carbonyl (C=O) groups excluding carboxylic acids is 1. The standard InChI is InChI=1S/C13H10ClN3O5/c14-7-1-4-11(18)10(5-7)16-13(20)15-9-3-2-8(17(21)22)6-12(9)19/h1-6,18-19H,(H2,15,16,20). The van der Waals surface area contributed by atoms with Gasteiger partial charge in [0.15, 0.2) is 0 Å². The van der Waals surface area contributed by atoms with Crippen molar-refractivity contribution in [1.82, 2.24) is 0 Å². The maximum atomic E-state index is 11.8. The van der Waals surface area contributed by atoms with Crippen LogP contribution in [0.1, 0.15) is 0 Å². The van der Waals surface area contributed by atoms with Crippen LogP contribution in [0.3, 0.4) is 0 Å². The summed E-state index contributed by atoms with van der Waals surface area (Å²) in [6.45, 7) is 0. The molecule has 2 rings (SSSR count). The third-order valence-corrected chi connectivity index (χ3v) is 2.88. The molecule has 0 aromatic heterocycles. The lowest BCUT2D eigenvalue weighted by molar-refractivity contribution is -0.384. The number of nitrogens with one attached hydrogen (secondary N) is 2. The number of halogens is 1. The predicted molar refractivity (Wildman–Crippen MR) is 80.5 cm³/mol. The van der Waals surface area contributed by atoms with Gasteiger partial charge < -0.3 is 20.8 Å². The van der Waals surface area contributed by atoms with Gasteiger partial charge in [0.1, 0.15) is 11.5 Å². The highest BCUT2D eigenvalue weighted by Gasteiger charge is 2.13. The Labute approximate surface area is 129 Å². The number of phenols is 2. The van der Waals surface area contributed by atoms with Gasteiger partial charge in [-0.15, -0.1) is 0 Å². The molecule has 114 valence electrons. The van der Waals surface area contributed by atoms with Crippen molar-refractivity contribution in [3.05, 3.63) is 51.5 Å². The minimum atomic E-state index is -0.762. The number of aromatic hydroxyl groups is 2. The lowest BCUT2D eigenvalue weighted by atomic mass is 10.2. The number of benzene rings is 2. The Bertz CT molecular complexity index is 750. The van der Waals surface area contributed by atoms with Crippen LogP contribution in [0, 0.1) is 10.1 Å². The second-order valence-corrected chi connectivity index (χ2v) is 4.64. The molecule has 0 fully saturated rings. The van der Waals surface area contributed by atoms with Crippen molar-refractivity contribution in [2.24, 2.45) is 0 Å². The van der Waals surface area contributed by atoms with E-state index in [1.807, 2.05) is 0 Å². The number of anilines is 2. The van der Waals surface area contributed by atoms with Crippen molar-refractivity contribution < 1.29 is 19.9 Å². The van der Waals surface area contributed by atoms with Gasteiger partial charge >= 0.3 is 6.03 Å². The highest BCUT2D eigenvalue weighted by Crippen LogP contribution is 2.29. The van der Waals surface area contributed by atoms with E-state index in [1.54, 1.807) is 0 Å². The van der Waals surface area contributed by atoms with Crippen molar-refractivity contribution in [2.45, 2.75) is 0 Å². The Kier molecular flexibility index (Phi) is 4.33. The van der Waals surface area contributed by atoms with E-state index in [1.165, 1.54) is 24.3 Å². The number of hydrogen-bond acceptors (Lipinski definition) is 5.